The van der Waals surface area contributed by atoms with Crippen molar-refractivity contribution in [1.29, 1.82) is 0 Å². The molecule has 2 aromatic rings. The summed E-state index contributed by atoms with van der Waals surface area (Å²) in [6.07, 6.45) is 0.169. The SMILES string of the molecule is COCCSc1nnc(NC(=O)C2CC(=O)N(c3ccc(Cl)cc3)C2)s1. The Balaban J connectivity index is 1.57. The fraction of sp³-hybridized carbons (Fsp3) is 0.375. The minimum Gasteiger partial charge on any atom is -0.384 e. The molecule has 1 saturated heterocycles. The topological polar surface area (TPSA) is 84.4 Å². The smallest absolute Gasteiger partial charge is 0.231 e. The van der Waals surface area contributed by atoms with Crippen molar-refractivity contribution in [2.75, 3.05) is 36.2 Å². The number of benzene rings is 1. The highest BCUT2D eigenvalue weighted by Crippen LogP contribution is 2.29. The van der Waals surface area contributed by atoms with E-state index < -0.39 is 5.92 Å². The lowest BCUT2D eigenvalue weighted by molar-refractivity contribution is -0.122. The molecule has 0 bridgehead atoms. The molecule has 0 saturated carbocycles. The molecule has 2 heterocycles. The van der Waals surface area contributed by atoms with E-state index in [9.17, 15) is 9.59 Å². The van der Waals surface area contributed by atoms with Crippen molar-refractivity contribution in [2.24, 2.45) is 5.92 Å². The van der Waals surface area contributed by atoms with Crippen molar-refractivity contribution in [2.45, 2.75) is 10.8 Å². The number of halogens is 1. The van der Waals surface area contributed by atoms with E-state index in [1.807, 2.05) is 0 Å². The zero-order chi connectivity index (χ0) is 18.5. The number of hydrogen-bond acceptors (Lipinski definition) is 7. The number of carbonyl (C=O) groups excluding carboxylic acids is 2. The Morgan fingerprint density at radius 1 is 1.42 bits per heavy atom. The van der Waals surface area contributed by atoms with Crippen LogP contribution in [-0.2, 0) is 14.3 Å². The number of ether oxygens (including phenoxy) is 1. The van der Waals surface area contributed by atoms with E-state index in [2.05, 4.69) is 15.5 Å². The summed E-state index contributed by atoms with van der Waals surface area (Å²) in [6, 6.07) is 6.99. The van der Waals surface area contributed by atoms with Gasteiger partial charge in [-0.05, 0) is 24.3 Å². The summed E-state index contributed by atoms with van der Waals surface area (Å²) >= 11 is 8.71. The molecular formula is C16H17ClN4O3S2. The first-order valence-corrected chi connectivity index (χ1v) is 10.1. The largest absolute Gasteiger partial charge is 0.384 e. The Morgan fingerprint density at radius 2 is 2.19 bits per heavy atom. The van der Waals surface area contributed by atoms with Crippen LogP contribution >= 0.6 is 34.7 Å². The van der Waals surface area contributed by atoms with E-state index in [1.54, 1.807) is 36.3 Å². The third-order valence-corrected chi connectivity index (χ3v) is 5.97. The van der Waals surface area contributed by atoms with Gasteiger partial charge in [-0.1, -0.05) is 34.7 Å². The molecule has 1 unspecified atom stereocenters. The summed E-state index contributed by atoms with van der Waals surface area (Å²) in [5, 5.41) is 11.8. The first-order chi connectivity index (χ1) is 12.6. The van der Waals surface area contributed by atoms with Crippen molar-refractivity contribution in [1.82, 2.24) is 10.2 Å². The fourth-order valence-electron chi connectivity index (χ4n) is 2.49. The Morgan fingerprint density at radius 3 is 2.92 bits per heavy atom. The minimum absolute atomic E-state index is 0.0828. The molecule has 2 amide bonds. The van der Waals surface area contributed by atoms with Gasteiger partial charge in [-0.25, -0.2) is 0 Å². The molecule has 3 rings (SSSR count). The van der Waals surface area contributed by atoms with Crippen LogP contribution in [0.1, 0.15) is 6.42 Å². The summed E-state index contributed by atoms with van der Waals surface area (Å²) < 4.78 is 5.75. The lowest BCUT2D eigenvalue weighted by Gasteiger charge is -2.16. The van der Waals surface area contributed by atoms with Crippen LogP contribution in [0.25, 0.3) is 0 Å². The zero-order valence-electron chi connectivity index (χ0n) is 14.0. The molecule has 1 aromatic heterocycles. The van der Waals surface area contributed by atoms with Crippen LogP contribution in [0.15, 0.2) is 28.6 Å². The molecule has 0 spiro atoms. The molecule has 138 valence electrons. The molecule has 1 aliphatic rings. The highest BCUT2D eigenvalue weighted by atomic mass is 35.5. The van der Waals surface area contributed by atoms with Crippen molar-refractivity contribution < 1.29 is 14.3 Å². The maximum Gasteiger partial charge on any atom is 0.231 e. The molecule has 10 heteroatoms. The van der Waals surface area contributed by atoms with Gasteiger partial charge in [0.25, 0.3) is 0 Å². The predicted molar refractivity (Wildman–Crippen MR) is 103 cm³/mol. The van der Waals surface area contributed by atoms with Gasteiger partial charge >= 0.3 is 0 Å². The van der Waals surface area contributed by atoms with Gasteiger partial charge in [0.15, 0.2) is 4.34 Å². The number of carbonyl (C=O) groups is 2. The fourth-order valence-corrected chi connectivity index (χ4v) is 4.34. The minimum atomic E-state index is -0.424. The molecule has 7 nitrogen and oxygen atoms in total. The number of nitrogens with zero attached hydrogens (tertiary/aromatic N) is 3. The summed E-state index contributed by atoms with van der Waals surface area (Å²) in [7, 11) is 1.64. The van der Waals surface area contributed by atoms with Crippen LogP contribution < -0.4 is 10.2 Å². The van der Waals surface area contributed by atoms with Gasteiger partial charge in [-0.3, -0.25) is 9.59 Å². The number of rotatable bonds is 7. The second-order valence-electron chi connectivity index (χ2n) is 5.59. The summed E-state index contributed by atoms with van der Waals surface area (Å²) in [4.78, 5) is 26.3. The van der Waals surface area contributed by atoms with Crippen molar-refractivity contribution in [3.05, 3.63) is 29.3 Å². The van der Waals surface area contributed by atoms with Gasteiger partial charge in [0, 0.05) is 36.5 Å². The molecule has 1 N–H and O–H groups in total. The molecule has 1 aliphatic heterocycles. The number of anilines is 2. The second-order valence-corrected chi connectivity index (χ2v) is 8.34. The van der Waals surface area contributed by atoms with Gasteiger partial charge in [0.05, 0.1) is 12.5 Å². The molecule has 1 atom stereocenters. The molecule has 0 radical (unpaired) electrons. The standard InChI is InChI=1S/C16H17ClN4O3S2/c1-24-6-7-25-16-20-19-15(26-16)18-14(23)10-8-13(22)21(9-10)12-4-2-11(17)3-5-12/h2-5,10H,6-9H2,1H3,(H,18,19,23). The first kappa shape index (κ1) is 19.1. The molecule has 0 aliphatic carbocycles. The average Bonchev–Trinajstić information content (AvgIpc) is 3.23. The summed E-state index contributed by atoms with van der Waals surface area (Å²) in [5.41, 5.74) is 0.738. The summed E-state index contributed by atoms with van der Waals surface area (Å²) in [5.74, 6) is 0.0401. The van der Waals surface area contributed by atoms with Crippen molar-refractivity contribution in [3.63, 3.8) is 0 Å². The monoisotopic (exact) mass is 412 g/mol. The van der Waals surface area contributed by atoms with Crippen LogP contribution in [0.5, 0.6) is 0 Å². The first-order valence-electron chi connectivity index (χ1n) is 7.89. The Hall–Kier alpha value is -1.68. The van der Waals surface area contributed by atoms with Crippen LogP contribution in [0.2, 0.25) is 5.02 Å². The molecule has 1 fully saturated rings. The van der Waals surface area contributed by atoms with Crippen molar-refractivity contribution >= 4 is 57.3 Å². The van der Waals surface area contributed by atoms with Gasteiger partial charge in [-0.2, -0.15) is 0 Å². The predicted octanol–water partition coefficient (Wildman–Crippen LogP) is 2.92. The second kappa shape index (κ2) is 8.81. The van der Waals surface area contributed by atoms with Crippen LogP contribution in [0.3, 0.4) is 0 Å². The van der Waals surface area contributed by atoms with Gasteiger partial charge in [0.2, 0.25) is 16.9 Å². The number of amides is 2. The van der Waals surface area contributed by atoms with Gasteiger partial charge < -0.3 is 15.0 Å². The van der Waals surface area contributed by atoms with E-state index in [1.165, 1.54) is 23.1 Å². The van der Waals surface area contributed by atoms with Crippen LogP contribution in [0, 0.1) is 5.92 Å². The number of nitrogens with one attached hydrogen (secondary N) is 1. The Bertz CT molecular complexity index is 784. The highest BCUT2D eigenvalue weighted by Gasteiger charge is 2.35. The lowest BCUT2D eigenvalue weighted by Crippen LogP contribution is -2.28. The Kier molecular flexibility index (Phi) is 6.47. The van der Waals surface area contributed by atoms with E-state index in [4.69, 9.17) is 16.3 Å². The molecule has 1 aromatic carbocycles. The Labute approximate surface area is 164 Å². The van der Waals surface area contributed by atoms with Crippen molar-refractivity contribution in [3.8, 4) is 0 Å². The molecular weight excluding hydrogens is 396 g/mol. The van der Waals surface area contributed by atoms with E-state index in [0.29, 0.717) is 23.3 Å². The van der Waals surface area contributed by atoms with Crippen LogP contribution in [-0.4, -0.2) is 48.0 Å². The average molecular weight is 413 g/mol. The molecule has 26 heavy (non-hydrogen) atoms. The third kappa shape index (κ3) is 4.73. The van der Waals surface area contributed by atoms with Crippen LogP contribution in [0.4, 0.5) is 10.8 Å². The number of hydrogen-bond donors (Lipinski definition) is 1. The van der Waals surface area contributed by atoms with E-state index >= 15 is 0 Å². The maximum atomic E-state index is 12.5. The zero-order valence-corrected chi connectivity index (χ0v) is 16.4. The highest BCUT2D eigenvalue weighted by molar-refractivity contribution is 8.01. The summed E-state index contributed by atoms with van der Waals surface area (Å²) in [6.45, 7) is 0.956. The third-order valence-electron chi connectivity index (χ3n) is 3.78. The van der Waals surface area contributed by atoms with E-state index in [-0.39, 0.29) is 18.2 Å². The number of thioether (sulfide) groups is 1. The van der Waals surface area contributed by atoms with Gasteiger partial charge in [-0.15, -0.1) is 10.2 Å². The maximum absolute atomic E-state index is 12.5. The lowest BCUT2D eigenvalue weighted by atomic mass is 10.1. The number of methoxy groups -OCH3 is 1. The van der Waals surface area contributed by atoms with E-state index in [0.717, 1.165) is 15.8 Å². The van der Waals surface area contributed by atoms with Gasteiger partial charge in [0.1, 0.15) is 0 Å². The normalized spacial score (nSPS) is 16.9. The quantitative estimate of drug-likeness (QED) is 0.427. The number of aromatic nitrogens is 2.